The molecular weight excluding hydrogens is 293 g/mol. The minimum absolute atomic E-state index is 0.0723. The van der Waals surface area contributed by atoms with Crippen molar-refractivity contribution in [2.45, 2.75) is 50.4 Å². The highest BCUT2D eigenvalue weighted by Crippen LogP contribution is 2.41. The summed E-state index contributed by atoms with van der Waals surface area (Å²) >= 11 is 0. The summed E-state index contributed by atoms with van der Waals surface area (Å²) in [5, 5.41) is 3.08. The number of nitrogens with one attached hydrogen (secondary N) is 1. The van der Waals surface area contributed by atoms with Crippen LogP contribution in [0.4, 0.5) is 4.39 Å². The second-order valence-electron chi connectivity index (χ2n) is 7.03. The van der Waals surface area contributed by atoms with Crippen LogP contribution in [0.1, 0.15) is 50.5 Å². The lowest BCUT2D eigenvalue weighted by Crippen LogP contribution is -2.40. The predicted molar refractivity (Wildman–Crippen MR) is 87.7 cm³/mol. The fraction of sp³-hybridized carbons (Fsp3) is 0.632. The minimum atomic E-state index is -0.232. The monoisotopic (exact) mass is 319 g/mol. The zero-order valence-electron chi connectivity index (χ0n) is 13.7. The van der Waals surface area contributed by atoms with Gasteiger partial charge < -0.3 is 10.1 Å². The fourth-order valence-corrected chi connectivity index (χ4v) is 4.05. The van der Waals surface area contributed by atoms with Gasteiger partial charge in [-0.2, -0.15) is 0 Å². The lowest BCUT2D eigenvalue weighted by atomic mass is 9.78. The van der Waals surface area contributed by atoms with Crippen LogP contribution in [0.25, 0.3) is 0 Å². The highest BCUT2D eigenvalue weighted by atomic mass is 19.1. The molecule has 2 fully saturated rings. The Morgan fingerprint density at radius 2 is 2.04 bits per heavy atom. The summed E-state index contributed by atoms with van der Waals surface area (Å²) in [6.07, 6.45) is 6.71. The first-order valence-electron chi connectivity index (χ1n) is 8.79. The molecule has 0 radical (unpaired) electrons. The second kappa shape index (κ2) is 7.43. The van der Waals surface area contributed by atoms with Crippen LogP contribution in [0, 0.1) is 11.7 Å². The van der Waals surface area contributed by atoms with Crippen molar-refractivity contribution >= 4 is 5.91 Å². The Balaban J connectivity index is 1.61. The predicted octanol–water partition coefficient (Wildman–Crippen LogP) is 3.57. The number of carbonyl (C=O) groups is 1. The number of halogens is 1. The van der Waals surface area contributed by atoms with Gasteiger partial charge in [0.25, 0.3) is 0 Å². The largest absolute Gasteiger partial charge is 0.381 e. The number of amides is 1. The second-order valence-corrected chi connectivity index (χ2v) is 7.03. The van der Waals surface area contributed by atoms with Crippen LogP contribution in [0.2, 0.25) is 0 Å². The van der Waals surface area contributed by atoms with Crippen LogP contribution in [-0.4, -0.2) is 25.7 Å². The molecule has 0 aromatic heterocycles. The molecule has 3 nitrogen and oxygen atoms in total. The maximum absolute atomic E-state index is 14.3. The van der Waals surface area contributed by atoms with E-state index >= 15 is 0 Å². The first-order chi connectivity index (χ1) is 11.2. The van der Waals surface area contributed by atoms with E-state index in [1.807, 2.05) is 12.1 Å². The number of hydrogen-bond donors (Lipinski definition) is 1. The van der Waals surface area contributed by atoms with E-state index in [1.54, 1.807) is 6.07 Å². The zero-order chi connectivity index (χ0) is 16.1. The summed E-state index contributed by atoms with van der Waals surface area (Å²) in [6.45, 7) is 2.04. The molecule has 126 valence electrons. The number of ether oxygens (including phenoxy) is 1. The maximum atomic E-state index is 14.3. The molecule has 0 bridgehead atoms. The maximum Gasteiger partial charge on any atom is 0.220 e. The first kappa shape index (κ1) is 16.4. The van der Waals surface area contributed by atoms with E-state index in [0.29, 0.717) is 25.5 Å². The van der Waals surface area contributed by atoms with Crippen molar-refractivity contribution in [1.29, 1.82) is 0 Å². The van der Waals surface area contributed by atoms with Crippen molar-refractivity contribution < 1.29 is 13.9 Å². The Kier molecular flexibility index (Phi) is 5.31. The molecule has 1 saturated carbocycles. The average Bonchev–Trinajstić information content (AvgIpc) is 3.04. The summed E-state index contributed by atoms with van der Waals surface area (Å²) in [5.74, 6) is 0.254. The van der Waals surface area contributed by atoms with Crippen LogP contribution >= 0.6 is 0 Å². The summed E-state index contributed by atoms with van der Waals surface area (Å²) in [4.78, 5) is 12.3. The third-order valence-electron chi connectivity index (χ3n) is 5.36. The smallest absolute Gasteiger partial charge is 0.220 e. The standard InChI is InChI=1S/C19H26FNO2/c20-17-8-2-1-7-16(17)19(9-3-4-10-19)14-21-18(22)12-15-6-5-11-23-13-15/h1-2,7-8,15H,3-6,9-14H2,(H,21,22)/t15-/m1/s1. The summed E-state index contributed by atoms with van der Waals surface area (Å²) in [5.41, 5.74) is 0.531. The molecule has 1 aliphatic carbocycles. The van der Waals surface area contributed by atoms with Gasteiger partial charge in [-0.3, -0.25) is 4.79 Å². The Morgan fingerprint density at radius 3 is 2.74 bits per heavy atom. The molecule has 0 spiro atoms. The molecule has 23 heavy (non-hydrogen) atoms. The Morgan fingerprint density at radius 1 is 1.26 bits per heavy atom. The number of hydrogen-bond acceptors (Lipinski definition) is 2. The Labute approximate surface area is 137 Å². The van der Waals surface area contributed by atoms with Gasteiger partial charge in [0.05, 0.1) is 0 Å². The topological polar surface area (TPSA) is 38.3 Å². The average molecular weight is 319 g/mol. The molecule has 1 aliphatic heterocycles. The fourth-order valence-electron chi connectivity index (χ4n) is 4.05. The molecule has 1 atom stereocenters. The zero-order valence-corrected chi connectivity index (χ0v) is 13.7. The number of carbonyl (C=O) groups excluding carboxylic acids is 1. The van der Waals surface area contributed by atoms with Crippen molar-refractivity contribution in [1.82, 2.24) is 5.32 Å². The number of benzene rings is 1. The van der Waals surface area contributed by atoms with Gasteiger partial charge >= 0.3 is 0 Å². The molecular formula is C19H26FNO2. The molecule has 1 heterocycles. The Bertz CT molecular complexity index is 534. The van der Waals surface area contributed by atoms with Crippen molar-refractivity contribution in [3.8, 4) is 0 Å². The summed E-state index contributed by atoms with van der Waals surface area (Å²) < 4.78 is 19.7. The van der Waals surface area contributed by atoms with Crippen LogP contribution in [0.3, 0.4) is 0 Å². The van der Waals surface area contributed by atoms with Gasteiger partial charge in [0.15, 0.2) is 0 Å². The van der Waals surface area contributed by atoms with Gasteiger partial charge in [0, 0.05) is 31.6 Å². The summed E-state index contributed by atoms with van der Waals surface area (Å²) in [6, 6.07) is 7.02. The molecule has 2 aliphatic rings. The highest BCUT2D eigenvalue weighted by molar-refractivity contribution is 5.76. The molecule has 1 amide bonds. The van der Waals surface area contributed by atoms with E-state index in [4.69, 9.17) is 4.74 Å². The quantitative estimate of drug-likeness (QED) is 0.901. The molecule has 1 aromatic rings. The first-order valence-corrected chi connectivity index (χ1v) is 8.79. The van der Waals surface area contributed by atoms with E-state index in [-0.39, 0.29) is 17.1 Å². The van der Waals surface area contributed by atoms with Gasteiger partial charge in [-0.15, -0.1) is 0 Å². The normalized spacial score (nSPS) is 23.6. The van der Waals surface area contributed by atoms with Gasteiger partial charge in [-0.1, -0.05) is 31.0 Å². The SMILES string of the molecule is O=C(C[C@H]1CCCOC1)NCC1(c2ccccc2F)CCCC1. The van der Waals surface area contributed by atoms with Crippen molar-refractivity contribution in [3.63, 3.8) is 0 Å². The number of rotatable bonds is 5. The molecule has 1 N–H and O–H groups in total. The van der Waals surface area contributed by atoms with Crippen molar-refractivity contribution in [2.75, 3.05) is 19.8 Å². The van der Waals surface area contributed by atoms with Gasteiger partial charge in [-0.05, 0) is 43.2 Å². The van der Waals surface area contributed by atoms with Gasteiger partial charge in [0.1, 0.15) is 5.82 Å². The molecule has 4 heteroatoms. The van der Waals surface area contributed by atoms with Crippen LogP contribution < -0.4 is 5.32 Å². The third-order valence-corrected chi connectivity index (χ3v) is 5.36. The van der Waals surface area contributed by atoms with E-state index in [1.165, 1.54) is 6.07 Å². The Hall–Kier alpha value is -1.42. The van der Waals surface area contributed by atoms with E-state index < -0.39 is 0 Å². The lowest BCUT2D eigenvalue weighted by Gasteiger charge is -2.31. The molecule has 3 rings (SSSR count). The van der Waals surface area contributed by atoms with E-state index in [9.17, 15) is 9.18 Å². The van der Waals surface area contributed by atoms with Crippen LogP contribution in [0.15, 0.2) is 24.3 Å². The molecule has 1 saturated heterocycles. The minimum Gasteiger partial charge on any atom is -0.381 e. The lowest BCUT2D eigenvalue weighted by molar-refractivity contribution is -0.123. The van der Waals surface area contributed by atoms with Crippen molar-refractivity contribution in [3.05, 3.63) is 35.6 Å². The van der Waals surface area contributed by atoms with Crippen molar-refractivity contribution in [2.24, 2.45) is 5.92 Å². The molecule has 0 unspecified atom stereocenters. The van der Waals surface area contributed by atoms with Gasteiger partial charge in [-0.25, -0.2) is 4.39 Å². The van der Waals surface area contributed by atoms with Crippen LogP contribution in [0.5, 0.6) is 0 Å². The van der Waals surface area contributed by atoms with E-state index in [2.05, 4.69) is 5.32 Å². The molecule has 1 aromatic carbocycles. The summed E-state index contributed by atoms with van der Waals surface area (Å²) in [7, 11) is 0. The third kappa shape index (κ3) is 3.92. The van der Waals surface area contributed by atoms with Gasteiger partial charge in [0.2, 0.25) is 5.91 Å². The van der Waals surface area contributed by atoms with Crippen LogP contribution in [-0.2, 0) is 14.9 Å². The highest BCUT2D eigenvalue weighted by Gasteiger charge is 2.37. The van der Waals surface area contributed by atoms with E-state index in [0.717, 1.165) is 50.7 Å².